The third-order valence-electron chi connectivity index (χ3n) is 2.28. The summed E-state index contributed by atoms with van der Waals surface area (Å²) in [5.41, 5.74) is 5.95. The number of hydrogen-bond acceptors (Lipinski definition) is 3. The molecule has 0 aliphatic carbocycles. The molecule has 1 aromatic rings. The van der Waals surface area contributed by atoms with Gasteiger partial charge in [0.05, 0.1) is 7.11 Å². The lowest BCUT2D eigenvalue weighted by Crippen LogP contribution is -1.99. The fourth-order valence-corrected chi connectivity index (χ4v) is 1.41. The van der Waals surface area contributed by atoms with Gasteiger partial charge in [0.1, 0.15) is 0 Å². The molecule has 0 unspecified atom stereocenters. The van der Waals surface area contributed by atoms with Crippen molar-refractivity contribution >= 4 is 0 Å². The summed E-state index contributed by atoms with van der Waals surface area (Å²) in [4.78, 5) is 0. The molecule has 1 rings (SSSR count). The van der Waals surface area contributed by atoms with Crippen molar-refractivity contribution in [3.8, 4) is 11.5 Å². The second kappa shape index (κ2) is 5.56. The fraction of sp³-hybridized carbons (Fsp3) is 0.455. The van der Waals surface area contributed by atoms with Crippen LogP contribution in [0.1, 0.15) is 18.4 Å². The predicted octanol–water partition coefficient (Wildman–Crippen LogP) is 1.82. The molecule has 0 saturated carbocycles. The van der Waals surface area contributed by atoms with Gasteiger partial charge in [0, 0.05) is 0 Å². The molecule has 15 heavy (non-hydrogen) atoms. The molecule has 0 spiro atoms. The van der Waals surface area contributed by atoms with Gasteiger partial charge in [-0.15, -0.1) is 0 Å². The van der Waals surface area contributed by atoms with E-state index in [-0.39, 0.29) is 11.5 Å². The smallest absolute Gasteiger partial charge is 0.206 e. The zero-order valence-electron chi connectivity index (χ0n) is 8.79. The van der Waals surface area contributed by atoms with Crippen LogP contribution in [0.3, 0.4) is 0 Å². The van der Waals surface area contributed by atoms with Gasteiger partial charge in [0.2, 0.25) is 5.82 Å². The van der Waals surface area contributed by atoms with Gasteiger partial charge in [-0.05, 0) is 37.4 Å². The average molecular weight is 213 g/mol. The number of aromatic hydroxyl groups is 1. The van der Waals surface area contributed by atoms with Crippen LogP contribution in [0, 0.1) is 5.82 Å². The first-order valence-corrected chi connectivity index (χ1v) is 4.95. The molecule has 0 aliphatic heterocycles. The maximum Gasteiger partial charge on any atom is 0.206 e. The lowest BCUT2D eigenvalue weighted by atomic mass is 10.1. The van der Waals surface area contributed by atoms with Gasteiger partial charge in [0.25, 0.3) is 0 Å². The summed E-state index contributed by atoms with van der Waals surface area (Å²) in [6, 6.07) is 3.20. The molecule has 0 bridgehead atoms. The SMILES string of the molecule is COc1ccc(CCCCN)c(O)c1F. The zero-order chi connectivity index (χ0) is 11.3. The van der Waals surface area contributed by atoms with Crippen molar-refractivity contribution in [2.24, 2.45) is 5.73 Å². The van der Waals surface area contributed by atoms with Crippen molar-refractivity contribution in [1.82, 2.24) is 0 Å². The maximum atomic E-state index is 13.4. The van der Waals surface area contributed by atoms with Crippen molar-refractivity contribution in [3.05, 3.63) is 23.5 Å². The first-order chi connectivity index (χ1) is 7.20. The summed E-state index contributed by atoms with van der Waals surface area (Å²) in [5, 5.41) is 9.52. The number of benzene rings is 1. The topological polar surface area (TPSA) is 55.5 Å². The largest absolute Gasteiger partial charge is 0.505 e. The first kappa shape index (κ1) is 11.8. The van der Waals surface area contributed by atoms with Crippen LogP contribution >= 0.6 is 0 Å². The van der Waals surface area contributed by atoms with Gasteiger partial charge in [-0.2, -0.15) is 4.39 Å². The van der Waals surface area contributed by atoms with Crippen molar-refractivity contribution in [2.45, 2.75) is 19.3 Å². The van der Waals surface area contributed by atoms with Gasteiger partial charge in [-0.1, -0.05) is 6.07 Å². The van der Waals surface area contributed by atoms with E-state index < -0.39 is 5.82 Å². The first-order valence-electron chi connectivity index (χ1n) is 4.95. The number of ether oxygens (including phenoxy) is 1. The Balaban J connectivity index is 2.77. The van der Waals surface area contributed by atoms with E-state index in [2.05, 4.69) is 0 Å². The minimum Gasteiger partial charge on any atom is -0.505 e. The van der Waals surface area contributed by atoms with Crippen LogP contribution in [0.15, 0.2) is 12.1 Å². The average Bonchev–Trinajstić information content (AvgIpc) is 2.25. The zero-order valence-corrected chi connectivity index (χ0v) is 8.79. The molecule has 0 aromatic heterocycles. The quantitative estimate of drug-likeness (QED) is 0.733. The summed E-state index contributed by atoms with van der Waals surface area (Å²) >= 11 is 0. The number of nitrogens with two attached hydrogens (primary N) is 1. The molecule has 3 nitrogen and oxygen atoms in total. The van der Waals surface area contributed by atoms with E-state index in [0.29, 0.717) is 18.5 Å². The Morgan fingerprint density at radius 1 is 1.40 bits per heavy atom. The lowest BCUT2D eigenvalue weighted by molar-refractivity contribution is 0.362. The lowest BCUT2D eigenvalue weighted by Gasteiger charge is -2.08. The van der Waals surface area contributed by atoms with E-state index in [1.807, 2.05) is 0 Å². The van der Waals surface area contributed by atoms with E-state index in [1.165, 1.54) is 13.2 Å². The van der Waals surface area contributed by atoms with E-state index in [4.69, 9.17) is 10.5 Å². The Bertz CT molecular complexity index is 329. The molecule has 1 aromatic carbocycles. The molecule has 0 aliphatic rings. The minimum absolute atomic E-state index is 0.0649. The molecule has 0 heterocycles. The molecule has 0 radical (unpaired) electrons. The van der Waals surface area contributed by atoms with Gasteiger partial charge in [-0.3, -0.25) is 0 Å². The van der Waals surface area contributed by atoms with Crippen LogP contribution in [0.25, 0.3) is 0 Å². The summed E-state index contributed by atoms with van der Waals surface area (Å²) in [7, 11) is 1.37. The molecular weight excluding hydrogens is 197 g/mol. The number of unbranched alkanes of at least 4 members (excludes halogenated alkanes) is 1. The predicted molar refractivity (Wildman–Crippen MR) is 56.6 cm³/mol. The van der Waals surface area contributed by atoms with E-state index >= 15 is 0 Å². The van der Waals surface area contributed by atoms with Crippen LogP contribution in [0.4, 0.5) is 4.39 Å². The van der Waals surface area contributed by atoms with E-state index in [0.717, 1.165) is 12.8 Å². The summed E-state index contributed by atoms with van der Waals surface area (Å²) in [6.07, 6.45) is 2.34. The highest BCUT2D eigenvalue weighted by molar-refractivity contribution is 5.41. The Kier molecular flexibility index (Phi) is 4.37. The number of phenols is 1. The van der Waals surface area contributed by atoms with Gasteiger partial charge in [-0.25, -0.2) is 0 Å². The highest BCUT2D eigenvalue weighted by Crippen LogP contribution is 2.29. The van der Waals surface area contributed by atoms with Crippen LogP contribution < -0.4 is 10.5 Å². The molecule has 0 fully saturated rings. The third kappa shape index (κ3) is 2.83. The molecule has 0 atom stereocenters. The second-order valence-corrected chi connectivity index (χ2v) is 3.34. The van der Waals surface area contributed by atoms with Gasteiger partial charge >= 0.3 is 0 Å². The highest BCUT2D eigenvalue weighted by Gasteiger charge is 2.12. The van der Waals surface area contributed by atoms with Crippen LogP contribution in [0.5, 0.6) is 11.5 Å². The van der Waals surface area contributed by atoms with Crippen molar-refractivity contribution in [3.63, 3.8) is 0 Å². The Morgan fingerprint density at radius 3 is 2.73 bits per heavy atom. The number of hydrogen-bond donors (Lipinski definition) is 2. The molecule has 0 amide bonds. The van der Waals surface area contributed by atoms with Crippen molar-refractivity contribution < 1.29 is 14.2 Å². The van der Waals surface area contributed by atoms with E-state index in [9.17, 15) is 9.50 Å². The van der Waals surface area contributed by atoms with Gasteiger partial charge in [0.15, 0.2) is 11.5 Å². The molecule has 84 valence electrons. The van der Waals surface area contributed by atoms with Crippen LogP contribution in [-0.4, -0.2) is 18.8 Å². The number of methoxy groups -OCH3 is 1. The monoisotopic (exact) mass is 213 g/mol. The van der Waals surface area contributed by atoms with Crippen LogP contribution in [-0.2, 0) is 6.42 Å². The minimum atomic E-state index is -0.692. The Morgan fingerprint density at radius 2 is 2.13 bits per heavy atom. The molecule has 4 heteroatoms. The number of aryl methyl sites for hydroxylation is 1. The third-order valence-corrected chi connectivity index (χ3v) is 2.28. The standard InChI is InChI=1S/C11H16FNO2/c1-15-9-6-5-8(4-2-3-7-13)11(14)10(9)12/h5-6,14H,2-4,7,13H2,1H3. The summed E-state index contributed by atoms with van der Waals surface area (Å²) < 4.78 is 18.1. The summed E-state index contributed by atoms with van der Waals surface area (Å²) in [5.74, 6) is -0.941. The fourth-order valence-electron chi connectivity index (χ4n) is 1.41. The number of halogens is 1. The van der Waals surface area contributed by atoms with Crippen LogP contribution in [0.2, 0.25) is 0 Å². The maximum absolute atomic E-state index is 13.4. The second-order valence-electron chi connectivity index (χ2n) is 3.34. The Hall–Kier alpha value is -1.29. The molecule has 3 N–H and O–H groups in total. The molecular formula is C11H16FNO2. The normalized spacial score (nSPS) is 10.3. The van der Waals surface area contributed by atoms with E-state index in [1.54, 1.807) is 6.07 Å². The summed E-state index contributed by atoms with van der Waals surface area (Å²) in [6.45, 7) is 0.611. The van der Waals surface area contributed by atoms with Crippen molar-refractivity contribution in [1.29, 1.82) is 0 Å². The highest BCUT2D eigenvalue weighted by atomic mass is 19.1. The number of rotatable bonds is 5. The van der Waals surface area contributed by atoms with Crippen molar-refractivity contribution in [2.75, 3.05) is 13.7 Å². The Labute approximate surface area is 88.7 Å². The number of phenolic OH excluding ortho intramolecular Hbond substituents is 1. The van der Waals surface area contributed by atoms with Gasteiger partial charge < -0.3 is 15.6 Å². The molecule has 0 saturated heterocycles.